The number of carbonyl (C=O) groups excluding carboxylic acids is 1. The number of piperidine rings is 1. The fourth-order valence-electron chi connectivity index (χ4n) is 3.11. The molecule has 1 aromatic heterocycles. The normalized spacial score (nSPS) is 16.1. The lowest BCUT2D eigenvalue weighted by Gasteiger charge is -2.32. The van der Waals surface area contributed by atoms with Gasteiger partial charge in [0.05, 0.1) is 18.8 Å². The molecule has 31 heavy (non-hydrogen) atoms. The Morgan fingerprint density at radius 2 is 2.00 bits per heavy atom. The van der Waals surface area contributed by atoms with Crippen LogP contribution in [0.25, 0.3) is 0 Å². The van der Waals surface area contributed by atoms with Gasteiger partial charge >= 0.3 is 0 Å². The van der Waals surface area contributed by atoms with Gasteiger partial charge in [0.15, 0.2) is 28.4 Å². The van der Waals surface area contributed by atoms with Crippen LogP contribution in [0, 0.1) is 5.41 Å². The van der Waals surface area contributed by atoms with Crippen molar-refractivity contribution in [1.82, 2.24) is 25.5 Å². The van der Waals surface area contributed by atoms with Crippen molar-refractivity contribution in [3.05, 3.63) is 10.8 Å². The van der Waals surface area contributed by atoms with Crippen LogP contribution in [0.4, 0.5) is 11.6 Å². The zero-order valence-electron chi connectivity index (χ0n) is 17.4. The van der Waals surface area contributed by atoms with E-state index in [9.17, 15) is 9.90 Å². The number of hydrogen-bond donors (Lipinski definition) is 7. The Bertz CT molecular complexity index is 744. The van der Waals surface area contributed by atoms with Gasteiger partial charge in [-0.25, -0.2) is 9.97 Å². The fourth-order valence-corrected chi connectivity index (χ4v) is 3.24. The third kappa shape index (κ3) is 8.42. The number of aromatic nitrogens is 2. The number of hydrogen-bond acceptors (Lipinski definition) is 10. The number of guanidine groups is 1. The Kier molecular flexibility index (Phi) is 10.1. The third-order valence-corrected chi connectivity index (χ3v) is 5.17. The van der Waals surface area contributed by atoms with E-state index in [0.717, 1.165) is 45.3 Å². The third-order valence-electron chi connectivity index (χ3n) is 4.89. The van der Waals surface area contributed by atoms with Crippen molar-refractivity contribution in [1.29, 1.82) is 5.41 Å². The number of nitrogen functional groups attached to an aromatic ring is 2. The summed E-state index contributed by atoms with van der Waals surface area (Å²) in [7, 11) is 0. The first-order valence-corrected chi connectivity index (χ1v) is 10.6. The second-order valence-corrected chi connectivity index (χ2v) is 7.72. The Morgan fingerprint density at radius 1 is 1.29 bits per heavy atom. The van der Waals surface area contributed by atoms with E-state index in [4.69, 9.17) is 38.9 Å². The molecule has 12 nitrogen and oxygen atoms in total. The van der Waals surface area contributed by atoms with E-state index in [1.807, 2.05) is 0 Å². The molecule has 1 aliphatic heterocycles. The van der Waals surface area contributed by atoms with Gasteiger partial charge in [-0.3, -0.25) is 15.5 Å². The smallest absolute Gasteiger partial charge is 0.280 e. The molecule has 0 bridgehead atoms. The number of halogens is 1. The highest BCUT2D eigenvalue weighted by Crippen LogP contribution is 2.17. The molecule has 1 fully saturated rings. The Hall–Kier alpha value is -2.25. The minimum absolute atomic E-state index is 0.0638. The second-order valence-electron chi connectivity index (χ2n) is 7.36. The largest absolute Gasteiger partial charge is 0.389 e. The number of unbranched alkanes of at least 4 members (excludes halogenated alkanes) is 1. The molecule has 1 aliphatic rings. The summed E-state index contributed by atoms with van der Waals surface area (Å²) >= 11 is 5.76. The molecule has 0 radical (unpaired) electrons. The molecule has 0 aliphatic carbocycles. The van der Waals surface area contributed by atoms with Gasteiger partial charge in [0.2, 0.25) is 0 Å². The summed E-state index contributed by atoms with van der Waals surface area (Å²) < 4.78 is 5.68. The number of carbonyl (C=O) groups is 1. The maximum absolute atomic E-state index is 12.2. The first-order chi connectivity index (χ1) is 14.8. The highest BCUT2D eigenvalue weighted by molar-refractivity contribution is 6.31. The zero-order chi connectivity index (χ0) is 22.8. The maximum atomic E-state index is 12.2. The van der Waals surface area contributed by atoms with E-state index < -0.39 is 12.0 Å². The molecule has 1 saturated heterocycles. The molecule has 1 unspecified atom stereocenters. The van der Waals surface area contributed by atoms with E-state index in [0.29, 0.717) is 13.2 Å². The number of aliphatic hydroxyl groups is 1. The molecule has 2 rings (SSSR count). The lowest BCUT2D eigenvalue weighted by molar-refractivity contribution is -0.0322. The van der Waals surface area contributed by atoms with Gasteiger partial charge in [-0.1, -0.05) is 11.6 Å². The molecule has 2 heterocycles. The molecule has 1 aromatic rings. The summed E-state index contributed by atoms with van der Waals surface area (Å²) in [5.74, 6) is -1.06. The van der Waals surface area contributed by atoms with Crippen LogP contribution >= 0.6 is 11.6 Å². The average molecular weight is 458 g/mol. The quantitative estimate of drug-likeness (QED) is 0.131. The second kappa shape index (κ2) is 12.6. The van der Waals surface area contributed by atoms with Crippen molar-refractivity contribution in [3.63, 3.8) is 0 Å². The van der Waals surface area contributed by atoms with Crippen LogP contribution in [-0.2, 0) is 4.74 Å². The van der Waals surface area contributed by atoms with E-state index in [-0.39, 0.29) is 41.1 Å². The molecule has 13 heteroatoms. The Morgan fingerprint density at radius 3 is 2.68 bits per heavy atom. The summed E-state index contributed by atoms with van der Waals surface area (Å²) in [6.45, 7) is 3.91. The van der Waals surface area contributed by atoms with Crippen LogP contribution in [0.1, 0.15) is 36.2 Å². The summed E-state index contributed by atoms with van der Waals surface area (Å²) in [5.41, 5.74) is 16.3. The first kappa shape index (κ1) is 25.0. The molecule has 1 atom stereocenters. The Labute approximate surface area is 186 Å². The minimum atomic E-state index is -0.687. The van der Waals surface area contributed by atoms with E-state index >= 15 is 0 Å². The summed E-state index contributed by atoms with van der Waals surface area (Å²) in [5, 5.41) is 22.4. The number of likely N-dealkylation sites (tertiary alicyclic amines) is 1. The van der Waals surface area contributed by atoms with Crippen molar-refractivity contribution in [2.45, 2.75) is 37.9 Å². The van der Waals surface area contributed by atoms with Crippen molar-refractivity contribution in [2.75, 3.05) is 50.8 Å². The predicted molar refractivity (Wildman–Crippen MR) is 119 cm³/mol. The van der Waals surface area contributed by atoms with Gasteiger partial charge in [0.25, 0.3) is 5.91 Å². The summed E-state index contributed by atoms with van der Waals surface area (Å²) in [6.07, 6.45) is 3.26. The highest BCUT2D eigenvalue weighted by atomic mass is 35.5. The molecule has 0 aromatic carbocycles. The van der Waals surface area contributed by atoms with Crippen LogP contribution in [-0.4, -0.2) is 83.4 Å². The standard InChI is InChI=1S/C18H32ClN9O3/c19-14-16(22)26-15(21)13(25-14)17(30)27-18(23)24-5-1-2-6-28-7-3-12(4-8-28)31-10-11(29)9-20/h11-12,29H,1-10,20H2,(H4,21,22,26)(H3,23,24,27,30). The van der Waals surface area contributed by atoms with Crippen LogP contribution in [0.2, 0.25) is 5.15 Å². The molecule has 0 saturated carbocycles. The molecule has 10 N–H and O–H groups in total. The number of amides is 1. The fraction of sp³-hybridized carbons (Fsp3) is 0.667. The molecule has 1 amide bonds. The highest BCUT2D eigenvalue weighted by Gasteiger charge is 2.20. The average Bonchev–Trinajstić information content (AvgIpc) is 2.75. The van der Waals surface area contributed by atoms with Crippen molar-refractivity contribution < 1.29 is 14.6 Å². The molecular weight excluding hydrogens is 426 g/mol. The molecular formula is C18H32ClN9O3. The van der Waals surface area contributed by atoms with E-state index in [1.54, 1.807) is 0 Å². The Balaban J connectivity index is 1.57. The SMILES string of the molecule is N=C(NCCCCN1CCC(OCC(O)CN)CC1)NC(=O)c1nc(Cl)c(N)nc1N. The lowest BCUT2D eigenvalue weighted by Crippen LogP contribution is -2.41. The van der Waals surface area contributed by atoms with Crippen LogP contribution in [0.3, 0.4) is 0 Å². The number of ether oxygens (including phenoxy) is 1. The van der Waals surface area contributed by atoms with Crippen LogP contribution in [0.5, 0.6) is 0 Å². The van der Waals surface area contributed by atoms with E-state index in [1.165, 1.54) is 0 Å². The van der Waals surface area contributed by atoms with E-state index in [2.05, 4.69) is 25.5 Å². The lowest BCUT2D eigenvalue weighted by atomic mass is 10.1. The number of aliphatic hydroxyl groups excluding tert-OH is 1. The number of nitrogens with zero attached hydrogens (tertiary/aromatic N) is 3. The van der Waals surface area contributed by atoms with Crippen LogP contribution in [0.15, 0.2) is 0 Å². The monoisotopic (exact) mass is 457 g/mol. The first-order valence-electron chi connectivity index (χ1n) is 10.2. The molecule has 0 spiro atoms. The van der Waals surface area contributed by atoms with Gasteiger partial charge in [0, 0.05) is 26.2 Å². The number of nitrogens with two attached hydrogens (primary N) is 3. The molecule has 174 valence electrons. The van der Waals surface area contributed by atoms with Crippen molar-refractivity contribution >= 4 is 35.1 Å². The van der Waals surface area contributed by atoms with Gasteiger partial charge in [-0.05, 0) is 32.2 Å². The minimum Gasteiger partial charge on any atom is -0.389 e. The number of nitrogens with one attached hydrogen (secondary N) is 3. The van der Waals surface area contributed by atoms with Crippen LogP contribution < -0.4 is 27.8 Å². The summed E-state index contributed by atoms with van der Waals surface area (Å²) in [6, 6.07) is 0. The van der Waals surface area contributed by atoms with Gasteiger partial charge < -0.3 is 37.3 Å². The summed E-state index contributed by atoms with van der Waals surface area (Å²) in [4.78, 5) is 22.1. The predicted octanol–water partition coefficient (Wildman–Crippen LogP) is -0.871. The zero-order valence-corrected chi connectivity index (χ0v) is 18.2. The number of rotatable bonds is 10. The van der Waals surface area contributed by atoms with Gasteiger partial charge in [-0.15, -0.1) is 0 Å². The van der Waals surface area contributed by atoms with Crippen molar-refractivity contribution in [2.24, 2.45) is 5.73 Å². The topological polar surface area (TPSA) is 202 Å². The maximum Gasteiger partial charge on any atom is 0.280 e. The van der Waals surface area contributed by atoms with Gasteiger partial charge in [0.1, 0.15) is 0 Å². The van der Waals surface area contributed by atoms with Crippen molar-refractivity contribution in [3.8, 4) is 0 Å². The number of anilines is 2. The van der Waals surface area contributed by atoms with Gasteiger partial charge in [-0.2, -0.15) is 0 Å².